The van der Waals surface area contributed by atoms with Gasteiger partial charge in [0.25, 0.3) is 0 Å². The highest BCUT2D eigenvalue weighted by Gasteiger charge is 2.23. The molecule has 0 amide bonds. The van der Waals surface area contributed by atoms with Crippen LogP contribution in [0.2, 0.25) is 0 Å². The Morgan fingerprint density at radius 3 is 2.71 bits per heavy atom. The van der Waals surface area contributed by atoms with Crippen LogP contribution in [-0.2, 0) is 9.53 Å². The van der Waals surface area contributed by atoms with Crippen LogP contribution in [0.3, 0.4) is 0 Å². The van der Waals surface area contributed by atoms with E-state index in [0.29, 0.717) is 17.0 Å². The van der Waals surface area contributed by atoms with Gasteiger partial charge >= 0.3 is 5.97 Å². The molecule has 1 unspecified atom stereocenters. The molecule has 1 aromatic heterocycles. The van der Waals surface area contributed by atoms with Crippen LogP contribution in [0.4, 0.5) is 5.69 Å². The first-order chi connectivity index (χ1) is 10.2. The summed E-state index contributed by atoms with van der Waals surface area (Å²) in [7, 11) is 2.93. The zero-order valence-electron chi connectivity index (χ0n) is 11.7. The molecule has 1 atom stereocenters. The topological polar surface area (TPSA) is 60.5 Å². The minimum Gasteiger partial charge on any atom is -0.495 e. The van der Waals surface area contributed by atoms with E-state index in [4.69, 9.17) is 9.47 Å². The van der Waals surface area contributed by atoms with Crippen LogP contribution in [0.25, 0.3) is 0 Å². The summed E-state index contributed by atoms with van der Waals surface area (Å²) in [6, 6.07) is 8.51. The van der Waals surface area contributed by atoms with E-state index in [2.05, 4.69) is 26.2 Å². The van der Waals surface area contributed by atoms with E-state index >= 15 is 0 Å². The number of halogens is 1. The number of carbonyl (C=O) groups is 1. The summed E-state index contributed by atoms with van der Waals surface area (Å²) in [5.74, 6) is 0.246. The van der Waals surface area contributed by atoms with Crippen LogP contribution in [0.1, 0.15) is 11.6 Å². The van der Waals surface area contributed by atoms with Crippen molar-refractivity contribution in [3.05, 3.63) is 52.8 Å². The van der Waals surface area contributed by atoms with Gasteiger partial charge in [-0.05, 0) is 34.1 Å². The number of nitrogens with one attached hydrogen (secondary N) is 1. The van der Waals surface area contributed by atoms with Gasteiger partial charge in [-0.3, -0.25) is 4.98 Å². The number of hydrogen-bond acceptors (Lipinski definition) is 5. The number of rotatable bonds is 5. The molecule has 0 radical (unpaired) electrons. The lowest BCUT2D eigenvalue weighted by Gasteiger charge is -2.19. The highest BCUT2D eigenvalue weighted by atomic mass is 79.9. The van der Waals surface area contributed by atoms with Crippen LogP contribution in [-0.4, -0.2) is 25.2 Å². The Bertz CT molecular complexity index is 634. The first kappa shape index (κ1) is 15.3. The number of hydrogen-bond donors (Lipinski definition) is 1. The lowest BCUT2D eigenvalue weighted by atomic mass is 10.1. The van der Waals surface area contributed by atoms with Crippen molar-refractivity contribution in [3.63, 3.8) is 0 Å². The van der Waals surface area contributed by atoms with Gasteiger partial charge in [-0.2, -0.15) is 0 Å². The number of para-hydroxylation sites is 2. The summed E-state index contributed by atoms with van der Waals surface area (Å²) in [6.45, 7) is 0. The van der Waals surface area contributed by atoms with Gasteiger partial charge in [0, 0.05) is 22.4 Å². The second-order valence-corrected chi connectivity index (χ2v) is 5.15. The number of ether oxygens (including phenoxy) is 2. The lowest BCUT2D eigenvalue weighted by Crippen LogP contribution is -2.22. The summed E-state index contributed by atoms with van der Waals surface area (Å²) in [5, 5.41) is 3.13. The predicted molar refractivity (Wildman–Crippen MR) is 83.3 cm³/mol. The zero-order valence-corrected chi connectivity index (χ0v) is 13.3. The molecule has 21 heavy (non-hydrogen) atoms. The number of esters is 1. The molecule has 1 heterocycles. The summed E-state index contributed by atoms with van der Waals surface area (Å²) in [4.78, 5) is 16.1. The van der Waals surface area contributed by atoms with Crippen molar-refractivity contribution in [3.8, 4) is 5.75 Å². The van der Waals surface area contributed by atoms with Crippen LogP contribution in [0, 0.1) is 0 Å². The Labute approximate surface area is 131 Å². The van der Waals surface area contributed by atoms with Crippen molar-refractivity contribution in [1.29, 1.82) is 0 Å². The van der Waals surface area contributed by atoms with Gasteiger partial charge < -0.3 is 14.8 Å². The molecular formula is C15H15BrN2O3. The number of aromatic nitrogens is 1. The molecule has 0 saturated carbocycles. The second kappa shape index (κ2) is 7.08. The van der Waals surface area contributed by atoms with E-state index in [1.54, 1.807) is 19.5 Å². The Morgan fingerprint density at radius 1 is 1.29 bits per heavy atom. The Balaban J connectivity index is 2.35. The third kappa shape index (κ3) is 3.72. The van der Waals surface area contributed by atoms with E-state index in [0.717, 1.165) is 4.47 Å². The average Bonchev–Trinajstić information content (AvgIpc) is 2.52. The quantitative estimate of drug-likeness (QED) is 0.839. The van der Waals surface area contributed by atoms with E-state index < -0.39 is 12.0 Å². The monoisotopic (exact) mass is 350 g/mol. The molecule has 2 rings (SSSR count). The van der Waals surface area contributed by atoms with E-state index in [9.17, 15) is 4.79 Å². The number of anilines is 1. The minimum absolute atomic E-state index is 0.402. The van der Waals surface area contributed by atoms with Crippen LogP contribution >= 0.6 is 15.9 Å². The molecule has 0 aliphatic carbocycles. The highest BCUT2D eigenvalue weighted by molar-refractivity contribution is 9.10. The maximum Gasteiger partial charge on any atom is 0.333 e. The molecule has 6 heteroatoms. The summed E-state index contributed by atoms with van der Waals surface area (Å²) in [5.41, 5.74) is 1.40. The van der Waals surface area contributed by atoms with E-state index in [1.807, 2.05) is 30.3 Å². The molecule has 0 aliphatic rings. The molecule has 1 aromatic carbocycles. The van der Waals surface area contributed by atoms with Gasteiger partial charge in [-0.1, -0.05) is 12.1 Å². The van der Waals surface area contributed by atoms with Gasteiger partial charge in [-0.15, -0.1) is 0 Å². The van der Waals surface area contributed by atoms with Crippen LogP contribution in [0.5, 0.6) is 5.75 Å². The van der Waals surface area contributed by atoms with Gasteiger partial charge in [0.05, 0.1) is 19.9 Å². The van der Waals surface area contributed by atoms with Crippen molar-refractivity contribution < 1.29 is 14.3 Å². The largest absolute Gasteiger partial charge is 0.495 e. The third-order valence-electron chi connectivity index (χ3n) is 2.90. The van der Waals surface area contributed by atoms with Gasteiger partial charge in [-0.25, -0.2) is 4.79 Å². The molecule has 1 N–H and O–H groups in total. The minimum atomic E-state index is -0.670. The summed E-state index contributed by atoms with van der Waals surface area (Å²) < 4.78 is 10.9. The SMILES string of the molecule is COC(=O)C(Nc1ccccc1OC)c1cncc(Br)c1. The zero-order chi connectivity index (χ0) is 15.2. The van der Waals surface area contributed by atoms with E-state index in [-0.39, 0.29) is 0 Å². The van der Waals surface area contributed by atoms with Crippen molar-refractivity contribution in [2.45, 2.75) is 6.04 Å². The summed E-state index contributed by atoms with van der Waals surface area (Å²) >= 11 is 3.35. The Morgan fingerprint density at radius 2 is 2.05 bits per heavy atom. The first-order valence-electron chi connectivity index (χ1n) is 6.23. The highest BCUT2D eigenvalue weighted by Crippen LogP contribution is 2.29. The molecule has 5 nitrogen and oxygen atoms in total. The van der Waals surface area contributed by atoms with Gasteiger partial charge in [0.2, 0.25) is 0 Å². The van der Waals surface area contributed by atoms with Crippen LogP contribution in [0.15, 0.2) is 47.2 Å². The number of nitrogens with zero attached hydrogens (tertiary/aromatic N) is 1. The maximum atomic E-state index is 12.1. The smallest absolute Gasteiger partial charge is 0.333 e. The third-order valence-corrected chi connectivity index (χ3v) is 3.34. The van der Waals surface area contributed by atoms with Gasteiger partial charge in [0.15, 0.2) is 6.04 Å². The maximum absolute atomic E-state index is 12.1. The predicted octanol–water partition coefficient (Wildman–Crippen LogP) is 3.18. The molecule has 0 bridgehead atoms. The van der Waals surface area contributed by atoms with Crippen molar-refractivity contribution in [2.75, 3.05) is 19.5 Å². The van der Waals surface area contributed by atoms with Crippen LogP contribution < -0.4 is 10.1 Å². The molecular weight excluding hydrogens is 336 g/mol. The normalized spacial score (nSPS) is 11.6. The molecule has 0 spiro atoms. The fraction of sp³-hybridized carbons (Fsp3) is 0.200. The molecule has 110 valence electrons. The van der Waals surface area contributed by atoms with Crippen molar-refractivity contribution in [1.82, 2.24) is 4.98 Å². The number of carbonyl (C=O) groups excluding carboxylic acids is 1. The average molecular weight is 351 g/mol. The van der Waals surface area contributed by atoms with Crippen molar-refractivity contribution in [2.24, 2.45) is 0 Å². The molecule has 2 aromatic rings. The molecule has 0 saturated heterocycles. The number of methoxy groups -OCH3 is 2. The molecule has 0 fully saturated rings. The fourth-order valence-electron chi connectivity index (χ4n) is 1.90. The Hall–Kier alpha value is -2.08. The van der Waals surface area contributed by atoms with Gasteiger partial charge in [0.1, 0.15) is 5.75 Å². The lowest BCUT2D eigenvalue weighted by molar-refractivity contribution is -0.141. The second-order valence-electron chi connectivity index (χ2n) is 4.24. The molecule has 0 aliphatic heterocycles. The number of pyridine rings is 1. The first-order valence-corrected chi connectivity index (χ1v) is 7.03. The Kier molecular flexibility index (Phi) is 5.16. The fourth-order valence-corrected chi connectivity index (χ4v) is 2.28. The standard InChI is InChI=1S/C15H15BrN2O3/c1-20-13-6-4-3-5-12(13)18-14(15(19)21-2)10-7-11(16)9-17-8-10/h3-9,14,18H,1-2H3. The summed E-state index contributed by atoms with van der Waals surface area (Å²) in [6.07, 6.45) is 3.27. The van der Waals surface area contributed by atoms with Crippen molar-refractivity contribution >= 4 is 27.6 Å². The van der Waals surface area contributed by atoms with E-state index in [1.165, 1.54) is 7.11 Å². The number of benzene rings is 1.